The van der Waals surface area contributed by atoms with Gasteiger partial charge in [-0.2, -0.15) is 0 Å². The topological polar surface area (TPSA) is 113 Å². The number of nitrogens with one attached hydrogen (secondary N) is 1. The zero-order valence-corrected chi connectivity index (χ0v) is 13.9. The van der Waals surface area contributed by atoms with Crippen molar-refractivity contribution >= 4 is 36.1 Å². The Morgan fingerprint density at radius 2 is 2.00 bits per heavy atom. The molecule has 1 unspecified atom stereocenters. The summed E-state index contributed by atoms with van der Waals surface area (Å²) >= 11 is -5.05. The number of rotatable bonds is 5. The molecule has 0 bridgehead atoms. The molecule has 116 valence electrons. The number of hydrogen-bond acceptors (Lipinski definition) is 5. The molecule has 7 nitrogen and oxygen atoms in total. The molecule has 1 rings (SSSR count). The van der Waals surface area contributed by atoms with Gasteiger partial charge in [-0.05, 0) is 0 Å². The number of aromatic hydroxyl groups is 1. The first-order valence-electron chi connectivity index (χ1n) is 6.28. The van der Waals surface area contributed by atoms with E-state index in [0.717, 1.165) is 12.1 Å². The average molecular weight is 359 g/mol. The van der Waals surface area contributed by atoms with Gasteiger partial charge in [0.25, 0.3) is 0 Å². The van der Waals surface area contributed by atoms with Gasteiger partial charge in [0.1, 0.15) is 0 Å². The molecule has 0 aliphatic heterocycles. The van der Waals surface area contributed by atoms with Crippen LogP contribution >= 0.6 is 0 Å². The summed E-state index contributed by atoms with van der Waals surface area (Å²) in [7, 11) is 0. The zero-order chi connectivity index (χ0) is 16.2. The maximum absolute atomic E-state index is 12.1. The van der Waals surface area contributed by atoms with Gasteiger partial charge in [-0.25, -0.2) is 0 Å². The number of benzene rings is 1. The molecule has 1 aromatic carbocycles. The number of anilines is 1. The molecular formula is C13H18AsNO6. The second-order valence-electron chi connectivity index (χ2n) is 4.96. The summed E-state index contributed by atoms with van der Waals surface area (Å²) in [6, 6.07) is 3.46. The van der Waals surface area contributed by atoms with E-state index in [2.05, 4.69) is 9.04 Å². The summed E-state index contributed by atoms with van der Waals surface area (Å²) in [6.45, 7) is 4.80. The molecule has 0 aliphatic rings. The predicted octanol–water partition coefficient (Wildman–Crippen LogP) is 0.509. The van der Waals surface area contributed by atoms with E-state index < -0.39 is 26.0 Å². The van der Waals surface area contributed by atoms with E-state index in [1.807, 2.05) is 0 Å². The van der Waals surface area contributed by atoms with E-state index in [0.29, 0.717) is 0 Å². The van der Waals surface area contributed by atoms with E-state index in [1.54, 1.807) is 13.8 Å². The summed E-state index contributed by atoms with van der Waals surface area (Å²) in [5.74, 6) is -1.45. The molecule has 0 fully saturated rings. The third-order valence-corrected chi connectivity index (χ3v) is 5.32. The van der Waals surface area contributed by atoms with Gasteiger partial charge in [0.15, 0.2) is 0 Å². The van der Waals surface area contributed by atoms with E-state index in [-0.39, 0.29) is 28.1 Å². The average Bonchev–Trinajstić information content (AvgIpc) is 2.29. The van der Waals surface area contributed by atoms with Crippen molar-refractivity contribution in [2.24, 2.45) is 5.92 Å². The molecule has 1 amide bonds. The number of phenols is 1. The monoisotopic (exact) mass is 359 g/mol. The summed E-state index contributed by atoms with van der Waals surface area (Å²) in [5, 5.41) is 11.9. The minimum atomic E-state index is -5.05. The Hall–Kier alpha value is -1.72. The Morgan fingerprint density at radius 3 is 2.52 bits per heavy atom. The van der Waals surface area contributed by atoms with Gasteiger partial charge in [0, 0.05) is 0 Å². The Labute approximate surface area is 125 Å². The van der Waals surface area contributed by atoms with Crippen LogP contribution in [-0.2, 0) is 17.1 Å². The summed E-state index contributed by atoms with van der Waals surface area (Å²) in [6.07, 6.45) is 0.0303. The number of phenolic OH excluding ortho intramolecular Hbond substituents is 1. The third kappa shape index (κ3) is 5.28. The third-order valence-electron chi connectivity index (χ3n) is 2.42. The standard InChI is InChI=1S/C13H18AsNO6/c1-8(2)6-13(18)21-14(19,20)10-4-5-12(17)11(7-10)15-9(3)16/h4-5,7-8,17H,6H2,1-3H3,(H,15,16)(H,19,20). The molecule has 0 saturated carbocycles. The second kappa shape index (κ2) is 6.82. The number of amides is 1. The minimum absolute atomic E-state index is 0.00255. The molecule has 1 atom stereocenters. The van der Waals surface area contributed by atoms with Gasteiger partial charge in [0.05, 0.1) is 0 Å². The van der Waals surface area contributed by atoms with Crippen molar-refractivity contribution in [2.75, 3.05) is 5.32 Å². The Bertz CT molecular complexity index is 598. The van der Waals surface area contributed by atoms with Crippen LogP contribution in [0.15, 0.2) is 18.2 Å². The normalized spacial score (nSPS) is 13.6. The van der Waals surface area contributed by atoms with Gasteiger partial charge in [-0.3, -0.25) is 0 Å². The Balaban J connectivity index is 3.00. The van der Waals surface area contributed by atoms with E-state index in [4.69, 9.17) is 0 Å². The van der Waals surface area contributed by atoms with Crippen LogP contribution in [0.2, 0.25) is 0 Å². The molecule has 3 N–H and O–H groups in total. The van der Waals surface area contributed by atoms with Crippen molar-refractivity contribution in [1.29, 1.82) is 0 Å². The quantitative estimate of drug-likeness (QED) is 0.522. The van der Waals surface area contributed by atoms with Crippen LogP contribution in [-0.4, -0.2) is 35.3 Å². The summed E-state index contributed by atoms with van der Waals surface area (Å²) in [5.41, 5.74) is -0.0180. The van der Waals surface area contributed by atoms with Crippen molar-refractivity contribution in [2.45, 2.75) is 27.2 Å². The molecule has 0 saturated heterocycles. The molecular weight excluding hydrogens is 341 g/mol. The molecule has 0 aliphatic carbocycles. The van der Waals surface area contributed by atoms with Crippen LogP contribution in [0.25, 0.3) is 0 Å². The molecule has 21 heavy (non-hydrogen) atoms. The number of carbonyl (C=O) groups is 2. The maximum atomic E-state index is 12.1. The van der Waals surface area contributed by atoms with Gasteiger partial charge in [-0.15, -0.1) is 0 Å². The first-order valence-corrected chi connectivity index (χ1v) is 9.59. The molecule has 0 radical (unpaired) electrons. The Morgan fingerprint density at radius 1 is 1.38 bits per heavy atom. The van der Waals surface area contributed by atoms with Crippen LogP contribution in [0, 0.1) is 5.92 Å². The fourth-order valence-electron chi connectivity index (χ4n) is 1.55. The molecule has 0 aromatic heterocycles. The summed E-state index contributed by atoms with van der Waals surface area (Å²) < 4.78 is 26.6. The zero-order valence-electron chi connectivity index (χ0n) is 12.0. The SMILES string of the molecule is CC(=O)Nc1cc([As](=O)(O)OC(=O)CC(C)C)ccc1O. The van der Waals surface area contributed by atoms with Crippen LogP contribution < -0.4 is 9.67 Å². The fraction of sp³-hybridized carbons (Fsp3) is 0.385. The predicted molar refractivity (Wildman–Crippen MR) is 76.3 cm³/mol. The Kier molecular flexibility index (Phi) is 5.63. The van der Waals surface area contributed by atoms with Crippen molar-refractivity contribution in [3.8, 4) is 5.75 Å². The van der Waals surface area contributed by atoms with Crippen molar-refractivity contribution < 1.29 is 26.3 Å². The molecule has 0 heterocycles. The van der Waals surface area contributed by atoms with Gasteiger partial charge in [0.2, 0.25) is 0 Å². The molecule has 8 heteroatoms. The second-order valence-corrected chi connectivity index (χ2v) is 8.61. The number of carbonyl (C=O) groups excluding carboxylic acids is 2. The van der Waals surface area contributed by atoms with Crippen molar-refractivity contribution in [1.82, 2.24) is 0 Å². The molecule has 0 spiro atoms. The van der Waals surface area contributed by atoms with E-state index in [9.17, 15) is 22.5 Å². The van der Waals surface area contributed by atoms with E-state index >= 15 is 0 Å². The van der Waals surface area contributed by atoms with Crippen molar-refractivity contribution in [3.63, 3.8) is 0 Å². The summed E-state index contributed by atoms with van der Waals surface area (Å²) in [4.78, 5) is 22.5. The molecule has 1 aromatic rings. The number of hydrogen-bond donors (Lipinski definition) is 3. The fourth-order valence-corrected chi connectivity index (χ4v) is 3.67. The van der Waals surface area contributed by atoms with Crippen molar-refractivity contribution in [3.05, 3.63) is 18.2 Å². The van der Waals surface area contributed by atoms with Crippen LogP contribution in [0.4, 0.5) is 5.69 Å². The van der Waals surface area contributed by atoms with Crippen LogP contribution in [0.1, 0.15) is 27.2 Å². The van der Waals surface area contributed by atoms with Gasteiger partial charge in [-0.1, -0.05) is 0 Å². The first kappa shape index (κ1) is 17.3. The van der Waals surface area contributed by atoms with Crippen LogP contribution in [0.5, 0.6) is 5.75 Å². The van der Waals surface area contributed by atoms with Crippen LogP contribution in [0.3, 0.4) is 0 Å². The first-order chi connectivity index (χ1) is 9.61. The van der Waals surface area contributed by atoms with E-state index in [1.165, 1.54) is 13.0 Å². The van der Waals surface area contributed by atoms with Gasteiger partial charge < -0.3 is 0 Å². The van der Waals surface area contributed by atoms with Gasteiger partial charge >= 0.3 is 125 Å².